The molecule has 78 valence electrons. The van der Waals surface area contributed by atoms with Crippen LogP contribution in [0.4, 0.5) is 13.2 Å². The van der Waals surface area contributed by atoms with Crippen molar-refractivity contribution in [2.24, 2.45) is 0 Å². The van der Waals surface area contributed by atoms with E-state index in [1.165, 1.54) is 0 Å². The van der Waals surface area contributed by atoms with Gasteiger partial charge >= 0.3 is 6.18 Å². The van der Waals surface area contributed by atoms with E-state index in [-0.39, 0.29) is 17.2 Å². The maximum atomic E-state index is 11.6. The van der Waals surface area contributed by atoms with Crippen LogP contribution < -0.4 is 0 Å². The number of alkyl halides is 3. The smallest absolute Gasteiger partial charge is 0.224 e. The van der Waals surface area contributed by atoms with E-state index >= 15 is 0 Å². The highest BCUT2D eigenvalue weighted by molar-refractivity contribution is 7.94. The highest BCUT2D eigenvalue weighted by Crippen LogP contribution is 2.16. The number of sulfone groups is 1. The molecule has 0 fully saturated rings. The summed E-state index contributed by atoms with van der Waals surface area (Å²) >= 11 is 0. The molecule has 6 heteroatoms. The number of hydrogen-bond donors (Lipinski definition) is 0. The van der Waals surface area contributed by atoms with Crippen LogP contribution in [0.2, 0.25) is 0 Å². The third kappa shape index (κ3) is 7.83. The zero-order chi connectivity index (χ0) is 10.5. The lowest BCUT2D eigenvalue weighted by atomic mass is 10.4. The molecular formula is C7H11F3O2S. The van der Waals surface area contributed by atoms with Gasteiger partial charge in [0.1, 0.15) is 0 Å². The molecule has 0 N–H and O–H groups in total. The number of rotatable bonds is 4. The summed E-state index contributed by atoms with van der Waals surface area (Å²) < 4.78 is 56.4. The molecular weight excluding hydrogens is 205 g/mol. The molecule has 0 amide bonds. The van der Waals surface area contributed by atoms with Crippen molar-refractivity contribution in [2.45, 2.75) is 25.9 Å². The van der Waals surface area contributed by atoms with Crippen molar-refractivity contribution in [1.29, 1.82) is 0 Å². The van der Waals surface area contributed by atoms with Crippen LogP contribution in [0.1, 0.15) is 19.8 Å². The molecule has 0 aliphatic heterocycles. The molecule has 0 aromatic carbocycles. The van der Waals surface area contributed by atoms with Gasteiger partial charge in [0.15, 0.2) is 9.84 Å². The van der Waals surface area contributed by atoms with Crippen LogP contribution in [-0.2, 0) is 9.84 Å². The van der Waals surface area contributed by atoms with Gasteiger partial charge in [-0.1, -0.05) is 13.3 Å². The van der Waals surface area contributed by atoms with Crippen molar-refractivity contribution in [1.82, 2.24) is 0 Å². The summed E-state index contributed by atoms with van der Waals surface area (Å²) in [5.74, 6) is -0.226. The molecule has 0 aliphatic rings. The Kier molecular flexibility index (Phi) is 4.46. The first-order valence-electron chi connectivity index (χ1n) is 3.75. The fourth-order valence-corrected chi connectivity index (χ4v) is 1.78. The summed E-state index contributed by atoms with van der Waals surface area (Å²) in [6.07, 6.45) is -3.79. The predicted octanol–water partition coefficient (Wildman–Crippen LogP) is 2.28. The molecule has 13 heavy (non-hydrogen) atoms. The summed E-state index contributed by atoms with van der Waals surface area (Å²) in [7, 11) is -3.68. The van der Waals surface area contributed by atoms with Crippen molar-refractivity contribution in [3.63, 3.8) is 0 Å². The van der Waals surface area contributed by atoms with Crippen LogP contribution >= 0.6 is 0 Å². The fourth-order valence-electron chi connectivity index (χ4n) is 0.594. The highest BCUT2D eigenvalue weighted by Gasteiger charge is 2.23. The van der Waals surface area contributed by atoms with E-state index in [0.717, 1.165) is 0 Å². The Balaban J connectivity index is 4.26. The third-order valence-electron chi connectivity index (χ3n) is 1.25. The van der Waals surface area contributed by atoms with Gasteiger partial charge < -0.3 is 0 Å². The standard InChI is InChI=1S/C7H11F3O2S/c1-2-3-5-13(11,12)6-4-7(8,9)10/h4,6H,2-3,5H2,1H3/b6-4+. The van der Waals surface area contributed by atoms with Gasteiger partial charge in [-0.25, -0.2) is 8.42 Å². The second kappa shape index (κ2) is 4.64. The quantitative estimate of drug-likeness (QED) is 0.722. The summed E-state index contributed by atoms with van der Waals surface area (Å²) in [6.45, 7) is 1.77. The highest BCUT2D eigenvalue weighted by atomic mass is 32.2. The van der Waals surface area contributed by atoms with Gasteiger partial charge in [0, 0.05) is 11.5 Å². The van der Waals surface area contributed by atoms with Crippen LogP contribution in [0.15, 0.2) is 11.5 Å². The van der Waals surface area contributed by atoms with E-state index in [2.05, 4.69) is 0 Å². The molecule has 0 aliphatic carbocycles. The van der Waals surface area contributed by atoms with Crippen molar-refractivity contribution in [3.8, 4) is 0 Å². The molecule has 0 saturated carbocycles. The average Bonchev–Trinajstić information content (AvgIpc) is 1.97. The van der Waals surface area contributed by atoms with E-state index in [0.29, 0.717) is 12.8 Å². The Morgan fingerprint density at radius 1 is 1.31 bits per heavy atom. The predicted molar refractivity (Wildman–Crippen MR) is 43.9 cm³/mol. The van der Waals surface area contributed by atoms with Crippen molar-refractivity contribution in [3.05, 3.63) is 11.5 Å². The molecule has 0 saturated heterocycles. The number of halogens is 3. The Morgan fingerprint density at radius 3 is 2.23 bits per heavy atom. The van der Waals surface area contributed by atoms with Gasteiger partial charge in [-0.3, -0.25) is 0 Å². The molecule has 0 aromatic rings. The van der Waals surface area contributed by atoms with E-state index < -0.39 is 16.0 Å². The van der Waals surface area contributed by atoms with Gasteiger partial charge in [0.05, 0.1) is 5.75 Å². The van der Waals surface area contributed by atoms with Gasteiger partial charge in [0.2, 0.25) is 0 Å². The van der Waals surface area contributed by atoms with Crippen molar-refractivity contribution >= 4 is 9.84 Å². The van der Waals surface area contributed by atoms with Crippen LogP contribution in [0.25, 0.3) is 0 Å². The topological polar surface area (TPSA) is 34.1 Å². The largest absolute Gasteiger partial charge is 0.410 e. The van der Waals surface area contributed by atoms with Gasteiger partial charge in [-0.15, -0.1) is 0 Å². The van der Waals surface area contributed by atoms with E-state index in [1.807, 2.05) is 0 Å². The van der Waals surface area contributed by atoms with Gasteiger partial charge in [0.25, 0.3) is 0 Å². The second-order valence-corrected chi connectivity index (χ2v) is 4.57. The number of unbranched alkanes of at least 4 members (excludes halogenated alkanes) is 1. The molecule has 0 spiro atoms. The monoisotopic (exact) mass is 216 g/mol. The van der Waals surface area contributed by atoms with Gasteiger partial charge in [-0.05, 0) is 6.42 Å². The first kappa shape index (κ1) is 12.5. The van der Waals surface area contributed by atoms with Crippen LogP contribution in [0, 0.1) is 0 Å². The summed E-state index contributed by atoms with van der Waals surface area (Å²) in [5, 5.41) is 0.225. The first-order chi connectivity index (χ1) is 5.77. The Labute approximate surface area is 75.4 Å². The zero-order valence-electron chi connectivity index (χ0n) is 7.13. The zero-order valence-corrected chi connectivity index (χ0v) is 7.95. The SMILES string of the molecule is CCCCS(=O)(=O)/C=C/C(F)(F)F. The third-order valence-corrected chi connectivity index (χ3v) is 2.66. The van der Waals surface area contributed by atoms with Crippen molar-refractivity contribution in [2.75, 3.05) is 5.75 Å². The normalized spacial score (nSPS) is 13.8. The summed E-state index contributed by atoms with van der Waals surface area (Å²) in [4.78, 5) is 0. The van der Waals surface area contributed by atoms with E-state index in [9.17, 15) is 21.6 Å². The lowest BCUT2D eigenvalue weighted by molar-refractivity contribution is -0.0797. The maximum absolute atomic E-state index is 11.6. The molecule has 0 unspecified atom stereocenters. The van der Waals surface area contributed by atoms with E-state index in [4.69, 9.17) is 0 Å². The Bertz CT molecular complexity index is 264. The average molecular weight is 216 g/mol. The molecule has 0 heterocycles. The Hall–Kier alpha value is -0.520. The second-order valence-electron chi connectivity index (χ2n) is 2.56. The molecule has 0 rings (SSSR count). The van der Waals surface area contributed by atoms with E-state index in [1.54, 1.807) is 6.92 Å². The van der Waals surface area contributed by atoms with Crippen LogP contribution in [-0.4, -0.2) is 20.3 Å². The number of hydrogen-bond acceptors (Lipinski definition) is 2. The molecule has 2 nitrogen and oxygen atoms in total. The van der Waals surface area contributed by atoms with Crippen LogP contribution in [0.5, 0.6) is 0 Å². The maximum Gasteiger partial charge on any atom is 0.410 e. The van der Waals surface area contributed by atoms with Crippen molar-refractivity contribution < 1.29 is 21.6 Å². The lowest BCUT2D eigenvalue weighted by Gasteiger charge is -1.98. The van der Waals surface area contributed by atoms with Gasteiger partial charge in [-0.2, -0.15) is 13.2 Å². The van der Waals surface area contributed by atoms with Crippen LogP contribution in [0.3, 0.4) is 0 Å². The Morgan fingerprint density at radius 2 is 1.85 bits per heavy atom. The summed E-state index contributed by atoms with van der Waals surface area (Å²) in [5.41, 5.74) is 0. The first-order valence-corrected chi connectivity index (χ1v) is 5.47. The fraction of sp³-hybridized carbons (Fsp3) is 0.714. The molecule has 0 radical (unpaired) electrons. The summed E-state index contributed by atoms with van der Waals surface area (Å²) in [6, 6.07) is 0. The lowest BCUT2D eigenvalue weighted by Crippen LogP contribution is -2.06. The minimum Gasteiger partial charge on any atom is -0.224 e. The number of allylic oxidation sites excluding steroid dienone is 1. The molecule has 0 atom stereocenters. The molecule has 0 bridgehead atoms. The minimum absolute atomic E-state index is 0.225. The molecule has 0 aromatic heterocycles. The minimum atomic E-state index is -4.56.